The smallest absolute Gasteiger partial charge is 0.237 e. The molecule has 3 rings (SSSR count). The molecule has 1 amide bonds. The van der Waals surface area contributed by atoms with Crippen molar-refractivity contribution in [2.24, 2.45) is 0 Å². The Morgan fingerprint density at radius 2 is 2.04 bits per heavy atom. The van der Waals surface area contributed by atoms with E-state index in [9.17, 15) is 9.18 Å². The zero-order valence-electron chi connectivity index (χ0n) is 13.9. The second-order valence-corrected chi connectivity index (χ2v) is 7.61. The van der Waals surface area contributed by atoms with Gasteiger partial charge in [-0.2, -0.15) is 0 Å². The lowest BCUT2D eigenvalue weighted by Gasteiger charge is -2.25. The molecule has 0 radical (unpaired) electrons. The number of rotatable bonds is 5. The molecule has 0 saturated carbocycles. The van der Waals surface area contributed by atoms with Gasteiger partial charge < -0.3 is 10.2 Å². The van der Waals surface area contributed by atoms with Gasteiger partial charge in [-0.1, -0.05) is 41.9 Å². The Balaban J connectivity index is 1.62. The van der Waals surface area contributed by atoms with Crippen molar-refractivity contribution in [3.05, 3.63) is 70.5 Å². The van der Waals surface area contributed by atoms with Crippen LogP contribution >= 0.6 is 23.4 Å². The van der Waals surface area contributed by atoms with Crippen LogP contribution in [-0.4, -0.2) is 29.6 Å². The van der Waals surface area contributed by atoms with Crippen LogP contribution in [0.2, 0.25) is 5.02 Å². The fourth-order valence-electron chi connectivity index (χ4n) is 2.87. The average Bonchev–Trinajstić information content (AvgIpc) is 3.10. The highest BCUT2D eigenvalue weighted by Crippen LogP contribution is 2.38. The van der Waals surface area contributed by atoms with Gasteiger partial charge in [0.2, 0.25) is 5.91 Å². The summed E-state index contributed by atoms with van der Waals surface area (Å²) in [7, 11) is 0. The van der Waals surface area contributed by atoms with Gasteiger partial charge in [-0.25, -0.2) is 4.39 Å². The van der Waals surface area contributed by atoms with Gasteiger partial charge in [0.15, 0.2) is 0 Å². The Bertz CT molecular complexity index is 740. The van der Waals surface area contributed by atoms with Gasteiger partial charge in [-0.05, 0) is 30.7 Å². The number of hydrogen-bond acceptors (Lipinski definition) is 3. The van der Waals surface area contributed by atoms with Crippen molar-refractivity contribution in [2.45, 2.75) is 18.3 Å². The fraction of sp³-hybridized carbons (Fsp3) is 0.316. The van der Waals surface area contributed by atoms with E-state index in [4.69, 9.17) is 11.6 Å². The van der Waals surface area contributed by atoms with E-state index in [1.165, 1.54) is 6.07 Å². The zero-order chi connectivity index (χ0) is 17.8. The van der Waals surface area contributed by atoms with Crippen LogP contribution < -0.4 is 5.32 Å². The highest BCUT2D eigenvalue weighted by Gasteiger charge is 2.32. The number of nitrogens with one attached hydrogen (secondary N) is 1. The first kappa shape index (κ1) is 18.2. The fourth-order valence-corrected chi connectivity index (χ4v) is 4.29. The summed E-state index contributed by atoms with van der Waals surface area (Å²) in [5, 5.41) is 3.68. The minimum absolute atomic E-state index is 0.0148. The molecule has 0 spiro atoms. The molecule has 1 fully saturated rings. The molecule has 1 aliphatic heterocycles. The van der Waals surface area contributed by atoms with Crippen molar-refractivity contribution in [3.63, 3.8) is 0 Å². The van der Waals surface area contributed by atoms with Gasteiger partial charge in [0.1, 0.15) is 11.2 Å². The van der Waals surface area contributed by atoms with Crippen LogP contribution in [0.15, 0.2) is 48.5 Å². The Morgan fingerprint density at radius 1 is 1.32 bits per heavy atom. The second-order valence-electron chi connectivity index (χ2n) is 5.99. The Morgan fingerprint density at radius 3 is 2.76 bits per heavy atom. The van der Waals surface area contributed by atoms with Gasteiger partial charge in [-0.15, -0.1) is 11.8 Å². The maximum absolute atomic E-state index is 14.1. The van der Waals surface area contributed by atoms with Crippen LogP contribution in [0.1, 0.15) is 29.5 Å². The first-order valence-corrected chi connectivity index (χ1v) is 9.63. The van der Waals surface area contributed by atoms with Crippen LogP contribution in [0.5, 0.6) is 0 Å². The normalized spacial score (nSPS) is 18.4. The molecule has 3 nitrogen and oxygen atoms in total. The summed E-state index contributed by atoms with van der Waals surface area (Å²) in [6.45, 7) is 2.86. The number of amides is 1. The van der Waals surface area contributed by atoms with Crippen molar-refractivity contribution >= 4 is 29.3 Å². The quantitative estimate of drug-likeness (QED) is 0.836. The van der Waals surface area contributed by atoms with Crippen molar-refractivity contribution in [2.75, 3.05) is 18.8 Å². The summed E-state index contributed by atoms with van der Waals surface area (Å²) in [5.41, 5.74) is 1.64. The third kappa shape index (κ3) is 4.35. The van der Waals surface area contributed by atoms with Crippen molar-refractivity contribution in [1.82, 2.24) is 10.2 Å². The van der Waals surface area contributed by atoms with Crippen molar-refractivity contribution in [3.8, 4) is 0 Å². The Kier molecular flexibility index (Phi) is 5.99. The molecule has 2 aromatic rings. The highest BCUT2D eigenvalue weighted by molar-refractivity contribution is 7.99. The zero-order valence-corrected chi connectivity index (χ0v) is 15.5. The summed E-state index contributed by atoms with van der Waals surface area (Å²) in [6.07, 6.45) is 0. The maximum Gasteiger partial charge on any atom is 0.237 e. The predicted molar refractivity (Wildman–Crippen MR) is 101 cm³/mol. The van der Waals surface area contributed by atoms with Gasteiger partial charge in [0, 0.05) is 28.9 Å². The van der Waals surface area contributed by atoms with E-state index in [2.05, 4.69) is 5.32 Å². The number of halogens is 2. The predicted octanol–water partition coefficient (Wildman–Crippen LogP) is 4.40. The minimum Gasteiger partial charge on any atom is -0.325 e. The lowest BCUT2D eigenvalue weighted by molar-refractivity contribution is -0.130. The van der Waals surface area contributed by atoms with Gasteiger partial charge in [-0.3, -0.25) is 4.79 Å². The number of nitrogens with zero attached hydrogens (tertiary/aromatic N) is 1. The third-order valence-electron chi connectivity index (χ3n) is 4.31. The number of carbonyl (C=O) groups excluding carboxylic acids is 1. The third-order valence-corrected chi connectivity index (χ3v) is 5.81. The van der Waals surface area contributed by atoms with Crippen LogP contribution in [0, 0.1) is 5.82 Å². The minimum atomic E-state index is -0.262. The molecule has 2 atom stereocenters. The summed E-state index contributed by atoms with van der Waals surface area (Å²) in [6, 6.07) is 14.3. The standard InChI is InChI=1S/C19H20ClFN2OS/c1-13(14-6-8-15(20)9-7-14)22-12-18(24)23-10-11-25-19(23)16-4-2-3-5-17(16)21/h2-9,13,19,22H,10-12H2,1H3/t13-,19-/m0/s1. The summed E-state index contributed by atoms with van der Waals surface area (Å²) >= 11 is 7.50. The lowest BCUT2D eigenvalue weighted by atomic mass is 10.1. The lowest BCUT2D eigenvalue weighted by Crippen LogP contribution is -2.38. The number of hydrogen-bond donors (Lipinski definition) is 1. The van der Waals surface area contributed by atoms with E-state index in [1.807, 2.05) is 31.2 Å². The topological polar surface area (TPSA) is 32.3 Å². The first-order valence-electron chi connectivity index (χ1n) is 8.20. The molecule has 1 N–H and O–H groups in total. The molecule has 132 valence electrons. The largest absolute Gasteiger partial charge is 0.325 e. The van der Waals surface area contributed by atoms with E-state index < -0.39 is 0 Å². The number of carbonyl (C=O) groups is 1. The average molecular weight is 379 g/mol. The van der Waals surface area contributed by atoms with Crippen molar-refractivity contribution in [1.29, 1.82) is 0 Å². The van der Waals surface area contributed by atoms with Crippen LogP contribution in [0.4, 0.5) is 4.39 Å². The Hall–Kier alpha value is -1.56. The van der Waals surface area contributed by atoms with Gasteiger partial charge >= 0.3 is 0 Å². The second kappa shape index (κ2) is 8.21. The number of benzene rings is 2. The summed E-state index contributed by atoms with van der Waals surface area (Å²) in [4.78, 5) is 14.4. The Labute approximate surface area is 156 Å². The SMILES string of the molecule is C[C@H](NCC(=O)N1CCS[C@H]1c1ccccc1F)c1ccc(Cl)cc1. The van der Waals surface area contributed by atoms with Crippen LogP contribution in [-0.2, 0) is 4.79 Å². The van der Waals surface area contributed by atoms with E-state index in [1.54, 1.807) is 34.9 Å². The van der Waals surface area contributed by atoms with E-state index in [-0.39, 0.29) is 29.7 Å². The molecule has 1 saturated heterocycles. The molecule has 1 heterocycles. The molecule has 0 unspecified atom stereocenters. The van der Waals surface area contributed by atoms with Crippen LogP contribution in [0.25, 0.3) is 0 Å². The van der Waals surface area contributed by atoms with Gasteiger partial charge in [0.05, 0.1) is 6.54 Å². The molecule has 0 bridgehead atoms. The number of thioether (sulfide) groups is 1. The molecule has 0 aromatic heterocycles. The van der Waals surface area contributed by atoms with Gasteiger partial charge in [0.25, 0.3) is 0 Å². The summed E-state index contributed by atoms with van der Waals surface area (Å²) in [5.74, 6) is 0.540. The highest BCUT2D eigenvalue weighted by atomic mass is 35.5. The monoisotopic (exact) mass is 378 g/mol. The van der Waals surface area contributed by atoms with E-state index in [0.29, 0.717) is 17.1 Å². The summed E-state index contributed by atoms with van der Waals surface area (Å²) < 4.78 is 14.1. The molecule has 6 heteroatoms. The molecule has 0 aliphatic carbocycles. The molecule has 1 aliphatic rings. The molecular weight excluding hydrogens is 359 g/mol. The maximum atomic E-state index is 14.1. The van der Waals surface area contributed by atoms with E-state index in [0.717, 1.165) is 11.3 Å². The van der Waals surface area contributed by atoms with E-state index >= 15 is 0 Å². The molecule has 25 heavy (non-hydrogen) atoms. The molecule has 2 aromatic carbocycles. The first-order chi connectivity index (χ1) is 12.1. The molecular formula is C19H20ClFN2OS. The van der Waals surface area contributed by atoms with Crippen LogP contribution in [0.3, 0.4) is 0 Å². The van der Waals surface area contributed by atoms with Crippen molar-refractivity contribution < 1.29 is 9.18 Å².